The zero-order chi connectivity index (χ0) is 15.4. The van der Waals surface area contributed by atoms with Crippen molar-refractivity contribution >= 4 is 271 Å². The molecule has 8 N–H and O–H groups in total. The van der Waals surface area contributed by atoms with E-state index < -0.39 is 31.3 Å². The maximum absolute atomic E-state index is 9.63. The van der Waals surface area contributed by atoms with Gasteiger partial charge in [0.15, 0.2) is 0 Å². The Morgan fingerprint density at radius 2 is 0.480 bits per heavy atom. The van der Waals surface area contributed by atoms with E-state index in [4.69, 9.17) is 39.1 Å². The van der Waals surface area contributed by atoms with Crippen molar-refractivity contribution in [2.45, 2.75) is 0 Å². The Bertz CT molecular complexity index is 365. The molecule has 25 heteroatoms. The molecule has 0 saturated carbocycles. The predicted octanol–water partition coefficient (Wildman–Crippen LogP) is -7.23. The third-order valence-corrected chi connectivity index (χ3v) is 3.83. The summed E-state index contributed by atoms with van der Waals surface area (Å²) < 4.78 is 44.4. The molecule has 134 valence electrons. The fourth-order valence-corrected chi connectivity index (χ4v) is 2.49. The van der Waals surface area contributed by atoms with E-state index in [9.17, 15) is 18.3 Å². The van der Waals surface area contributed by atoms with E-state index in [0.717, 1.165) is 0 Å². The van der Waals surface area contributed by atoms with Crippen molar-refractivity contribution in [2.24, 2.45) is 0 Å². The Morgan fingerprint density at radius 3 is 0.480 bits per heavy atom. The predicted molar refractivity (Wildman–Crippen MR) is 106 cm³/mol. The van der Waals surface area contributed by atoms with E-state index in [1.807, 2.05) is 0 Å². The first-order valence-corrected chi connectivity index (χ1v) is 9.18. The molecule has 14 nitrogen and oxygen atoms in total. The van der Waals surface area contributed by atoms with Crippen LogP contribution in [0.5, 0.6) is 0 Å². The topological polar surface area (TPSA) is 249 Å². The van der Waals surface area contributed by atoms with Crippen molar-refractivity contribution in [2.75, 3.05) is 0 Å². The van der Waals surface area contributed by atoms with Gasteiger partial charge in [0.2, 0.25) is 0 Å². The molecule has 0 amide bonds. The molecule has 0 atom stereocenters. The van der Waals surface area contributed by atoms with E-state index in [-0.39, 0.29) is 240 Å². The van der Waals surface area contributed by atoms with Gasteiger partial charge in [-0.15, -0.1) is 0 Å². The molecule has 25 heavy (non-hydrogen) atoms. The summed E-state index contributed by atoms with van der Waals surface area (Å²) in [6.45, 7) is 0. The SMILES string of the molecule is O=P(O)(O)OP(=O)(O)O.O=P(O)(O)OP(=O)(O)O.[CaH2].[CaH2].[CaH2].[CaH2].[NaH].[NaH].[NaH]. The average Bonchev–Trinajstić information content (AvgIpc) is 1.64. The summed E-state index contributed by atoms with van der Waals surface area (Å²) in [5.74, 6) is 0. The molecule has 0 saturated heterocycles. The molecule has 0 bridgehead atoms. The third-order valence-electron chi connectivity index (χ3n) is 0.425. The summed E-state index contributed by atoms with van der Waals surface area (Å²) in [4.78, 5) is 62.0. The van der Waals surface area contributed by atoms with Crippen molar-refractivity contribution in [1.82, 2.24) is 0 Å². The molecule has 0 fully saturated rings. The van der Waals surface area contributed by atoms with Gasteiger partial charge in [0.05, 0.1) is 0 Å². The van der Waals surface area contributed by atoms with Gasteiger partial charge < -0.3 is 39.1 Å². The number of rotatable bonds is 4. The van der Waals surface area contributed by atoms with Crippen LogP contribution in [0.25, 0.3) is 0 Å². The molecule has 0 unspecified atom stereocenters. The zero-order valence-corrected chi connectivity index (χ0v) is 11.4. The van der Waals surface area contributed by atoms with E-state index in [2.05, 4.69) is 8.62 Å². The van der Waals surface area contributed by atoms with Gasteiger partial charge in [-0.05, 0) is 0 Å². The minimum absolute atomic E-state index is 0. The molecule has 0 aromatic rings. The first-order valence-electron chi connectivity index (χ1n) is 3.06. The van der Waals surface area contributed by atoms with E-state index in [1.54, 1.807) is 0 Å². The van der Waals surface area contributed by atoms with Crippen LogP contribution in [0.3, 0.4) is 0 Å². The summed E-state index contributed by atoms with van der Waals surface area (Å²) in [6.07, 6.45) is 0. The van der Waals surface area contributed by atoms with Crippen LogP contribution in [0, 0.1) is 0 Å². The van der Waals surface area contributed by atoms with Gasteiger partial charge in [-0.1, -0.05) is 0 Å². The second-order valence-electron chi connectivity index (χ2n) is 2.13. The molecule has 0 radical (unpaired) electrons. The fourth-order valence-electron chi connectivity index (χ4n) is 0.277. The molecule has 0 spiro atoms. The Morgan fingerprint density at radius 1 is 0.400 bits per heavy atom. The Labute approximate surface area is 328 Å². The summed E-state index contributed by atoms with van der Waals surface area (Å²) in [5.41, 5.74) is 0. The third kappa shape index (κ3) is 71.9. The Hall–Kier alpha value is 8.56. The first-order chi connectivity index (χ1) is 7.41. The molecule has 0 aliphatic heterocycles. The van der Waals surface area contributed by atoms with Gasteiger partial charge in [0, 0.05) is 0 Å². The fraction of sp³-hybridized carbons (Fsp3) is 0. The van der Waals surface area contributed by atoms with Crippen LogP contribution in [0.4, 0.5) is 0 Å². The van der Waals surface area contributed by atoms with Crippen LogP contribution in [-0.4, -0.2) is 279 Å². The number of phosphoric acid groups is 4. The number of hydrogen-bond donors (Lipinski definition) is 8. The summed E-state index contributed by atoms with van der Waals surface area (Å²) >= 11 is 0. The van der Waals surface area contributed by atoms with Gasteiger partial charge in [0.25, 0.3) is 0 Å². The average molecular weight is 596 g/mol. The molecular formula is H19Ca4Na3O14P4. The van der Waals surface area contributed by atoms with Crippen molar-refractivity contribution < 1.29 is 66.0 Å². The normalized spacial score (nSPS) is 9.92. The van der Waals surface area contributed by atoms with Crippen LogP contribution in [0.15, 0.2) is 0 Å². The van der Waals surface area contributed by atoms with Gasteiger partial charge >= 0.3 is 271 Å². The molecule has 0 aliphatic carbocycles. The molecular weight excluding hydrogens is 577 g/mol. The number of hydrogen-bond acceptors (Lipinski definition) is 6. The maximum atomic E-state index is 9.63. The molecule has 0 rings (SSSR count). The minimum atomic E-state index is -5.05. The van der Waals surface area contributed by atoms with Crippen LogP contribution in [0.1, 0.15) is 0 Å². The van der Waals surface area contributed by atoms with Crippen LogP contribution >= 0.6 is 31.3 Å². The zero-order valence-electron chi connectivity index (χ0n) is 7.82. The first kappa shape index (κ1) is 59.0. The van der Waals surface area contributed by atoms with Crippen molar-refractivity contribution in [3.05, 3.63) is 0 Å². The van der Waals surface area contributed by atoms with Crippen LogP contribution in [-0.2, 0) is 26.9 Å². The van der Waals surface area contributed by atoms with Gasteiger partial charge in [-0.3, -0.25) is 0 Å². The second kappa shape index (κ2) is 27.2. The molecule has 0 aromatic carbocycles. The Kier molecular flexibility index (Phi) is 64.1. The van der Waals surface area contributed by atoms with E-state index in [0.29, 0.717) is 0 Å². The Balaban J connectivity index is -0.0000000229. The summed E-state index contributed by atoms with van der Waals surface area (Å²) in [6, 6.07) is 0. The van der Waals surface area contributed by atoms with Crippen molar-refractivity contribution in [3.63, 3.8) is 0 Å². The van der Waals surface area contributed by atoms with Crippen molar-refractivity contribution in [1.29, 1.82) is 0 Å². The standard InChI is InChI=1S/4Ca.3Na.2H4O7P2.11H/c;;;;;;;2*1-8(2,3)7-9(4,5)6;;;;;;;;;;;/h;;;;;;;2*(H2,1,2,3)(H2,4,5,6);;;;;;;;;;;. The van der Waals surface area contributed by atoms with E-state index in [1.165, 1.54) is 0 Å². The second-order valence-corrected chi connectivity index (χ2v) is 7.36. The molecule has 0 heterocycles. The van der Waals surface area contributed by atoms with Crippen LogP contribution < -0.4 is 0 Å². The van der Waals surface area contributed by atoms with E-state index >= 15 is 0 Å². The summed E-state index contributed by atoms with van der Waals surface area (Å²) in [5, 5.41) is 0. The van der Waals surface area contributed by atoms with Gasteiger partial charge in [0.1, 0.15) is 0 Å². The van der Waals surface area contributed by atoms with Gasteiger partial charge in [-0.25, -0.2) is 18.3 Å². The van der Waals surface area contributed by atoms with Gasteiger partial charge in [-0.2, -0.15) is 8.62 Å². The van der Waals surface area contributed by atoms with Crippen molar-refractivity contribution in [3.8, 4) is 0 Å². The quantitative estimate of drug-likeness (QED) is 0.111. The summed E-state index contributed by atoms with van der Waals surface area (Å²) in [7, 11) is -20.2. The van der Waals surface area contributed by atoms with Crippen LogP contribution in [0.2, 0.25) is 0 Å². The monoisotopic (exact) mass is 596 g/mol. The molecule has 0 aromatic heterocycles. The molecule has 0 aliphatic rings.